The van der Waals surface area contributed by atoms with Crippen molar-refractivity contribution in [3.05, 3.63) is 66.5 Å². The molecule has 1 atom stereocenters. The first-order valence-electron chi connectivity index (χ1n) is 10.8. The lowest BCUT2D eigenvalue weighted by Crippen LogP contribution is -2.33. The van der Waals surface area contributed by atoms with Gasteiger partial charge in [-0.3, -0.25) is 9.69 Å². The molecule has 8 nitrogen and oxygen atoms in total. The van der Waals surface area contributed by atoms with Crippen molar-refractivity contribution in [3.8, 4) is 11.1 Å². The number of hydrazone groups is 2. The summed E-state index contributed by atoms with van der Waals surface area (Å²) < 4.78 is 20.2. The fraction of sp³-hybridized carbons (Fsp3) is 0.280. The van der Waals surface area contributed by atoms with Crippen LogP contribution < -0.4 is 10.2 Å². The van der Waals surface area contributed by atoms with E-state index in [9.17, 15) is 14.0 Å². The van der Waals surface area contributed by atoms with Gasteiger partial charge in [0, 0.05) is 31.3 Å². The maximum absolute atomic E-state index is 15.0. The molecule has 2 aromatic rings. The van der Waals surface area contributed by atoms with Crippen LogP contribution in [0.5, 0.6) is 0 Å². The van der Waals surface area contributed by atoms with E-state index in [-0.39, 0.29) is 19.0 Å². The third-order valence-corrected chi connectivity index (χ3v) is 5.20. The first-order valence-corrected chi connectivity index (χ1v) is 10.8. The zero-order valence-electron chi connectivity index (χ0n) is 19.3. The van der Waals surface area contributed by atoms with E-state index in [1.165, 1.54) is 23.0 Å². The van der Waals surface area contributed by atoms with Crippen molar-refractivity contribution < 1.29 is 18.7 Å². The molecule has 0 unspecified atom stereocenters. The zero-order chi connectivity index (χ0) is 24.7. The molecule has 2 amide bonds. The molecule has 0 saturated carbocycles. The molecule has 1 aliphatic rings. The number of hydrogen-bond acceptors (Lipinski definition) is 6. The first-order chi connectivity index (χ1) is 16.3. The van der Waals surface area contributed by atoms with Gasteiger partial charge in [0.05, 0.1) is 25.3 Å². The SMILES string of the molecule is C=CC/C(C)=N\N(Cc1ccc(-c2ccc(N3C[C@H](CNC(C)=O)OC3=O)cc2F)cc1)N=C. The molecule has 1 aliphatic heterocycles. The zero-order valence-corrected chi connectivity index (χ0v) is 19.3. The van der Waals surface area contributed by atoms with Gasteiger partial charge in [0.1, 0.15) is 11.9 Å². The third-order valence-electron chi connectivity index (χ3n) is 5.20. The lowest BCUT2D eigenvalue weighted by atomic mass is 10.0. The van der Waals surface area contributed by atoms with Gasteiger partial charge in [0.15, 0.2) is 0 Å². The van der Waals surface area contributed by atoms with Crippen LogP contribution in [0.15, 0.2) is 65.3 Å². The van der Waals surface area contributed by atoms with Gasteiger partial charge < -0.3 is 10.1 Å². The van der Waals surface area contributed by atoms with E-state index in [1.807, 2.05) is 31.2 Å². The molecule has 0 radical (unpaired) electrons. The highest BCUT2D eigenvalue weighted by atomic mass is 19.1. The second-order valence-electron chi connectivity index (χ2n) is 7.91. The Kier molecular flexibility index (Phi) is 8.13. The summed E-state index contributed by atoms with van der Waals surface area (Å²) in [5.74, 6) is -0.665. The molecule has 2 aromatic carbocycles. The van der Waals surface area contributed by atoms with Crippen molar-refractivity contribution in [1.29, 1.82) is 0 Å². The molecule has 1 N–H and O–H groups in total. The van der Waals surface area contributed by atoms with E-state index in [0.717, 1.165) is 11.3 Å². The molecule has 178 valence electrons. The quantitative estimate of drug-likeness (QED) is 0.322. The summed E-state index contributed by atoms with van der Waals surface area (Å²) in [7, 11) is 0. The van der Waals surface area contributed by atoms with E-state index in [2.05, 4.69) is 28.8 Å². The average Bonchev–Trinajstić information content (AvgIpc) is 3.18. The molecular weight excluding hydrogens is 437 g/mol. The average molecular weight is 466 g/mol. The summed E-state index contributed by atoms with van der Waals surface area (Å²) in [5, 5.41) is 12.4. The van der Waals surface area contributed by atoms with Crippen molar-refractivity contribution in [1.82, 2.24) is 10.4 Å². The highest BCUT2D eigenvalue weighted by Crippen LogP contribution is 2.29. The molecule has 1 saturated heterocycles. The van der Waals surface area contributed by atoms with Crippen LogP contribution in [0.25, 0.3) is 11.1 Å². The topological polar surface area (TPSA) is 86.6 Å². The summed E-state index contributed by atoms with van der Waals surface area (Å²) >= 11 is 0. The van der Waals surface area contributed by atoms with Gasteiger partial charge in [0.2, 0.25) is 5.91 Å². The predicted octanol–water partition coefficient (Wildman–Crippen LogP) is 4.32. The van der Waals surface area contributed by atoms with Crippen molar-refractivity contribution in [2.24, 2.45) is 10.2 Å². The smallest absolute Gasteiger partial charge is 0.414 e. The fourth-order valence-corrected chi connectivity index (χ4v) is 3.52. The number of amides is 2. The molecule has 1 heterocycles. The van der Waals surface area contributed by atoms with Gasteiger partial charge in [-0.15, -0.1) is 6.58 Å². The Hall–Kier alpha value is -4.01. The number of hydrogen-bond donors (Lipinski definition) is 1. The van der Waals surface area contributed by atoms with Crippen LogP contribution in [0.1, 0.15) is 25.8 Å². The monoisotopic (exact) mass is 465 g/mol. The lowest BCUT2D eigenvalue weighted by molar-refractivity contribution is -0.119. The van der Waals surface area contributed by atoms with E-state index < -0.39 is 18.0 Å². The molecule has 3 rings (SSSR count). The van der Waals surface area contributed by atoms with Crippen molar-refractivity contribution >= 4 is 30.1 Å². The minimum Gasteiger partial charge on any atom is -0.442 e. The van der Waals surface area contributed by atoms with Crippen LogP contribution in [0.3, 0.4) is 0 Å². The molecule has 0 spiro atoms. The predicted molar refractivity (Wildman–Crippen MR) is 131 cm³/mol. The van der Waals surface area contributed by atoms with E-state index >= 15 is 0 Å². The van der Waals surface area contributed by atoms with Crippen LogP contribution in [-0.2, 0) is 16.1 Å². The lowest BCUT2D eigenvalue weighted by Gasteiger charge is -2.15. The molecule has 9 heteroatoms. The summed E-state index contributed by atoms with van der Waals surface area (Å²) in [6.07, 6.45) is 1.37. The van der Waals surface area contributed by atoms with Gasteiger partial charge in [-0.2, -0.15) is 15.3 Å². The van der Waals surface area contributed by atoms with Crippen molar-refractivity contribution in [3.63, 3.8) is 0 Å². The minimum atomic E-state index is -0.571. The van der Waals surface area contributed by atoms with Gasteiger partial charge >= 0.3 is 6.09 Å². The highest BCUT2D eigenvalue weighted by Gasteiger charge is 2.32. The highest BCUT2D eigenvalue weighted by molar-refractivity contribution is 5.90. The van der Waals surface area contributed by atoms with Crippen LogP contribution in [0, 0.1) is 5.82 Å². The van der Waals surface area contributed by atoms with Crippen LogP contribution in [0.4, 0.5) is 14.9 Å². The second kappa shape index (κ2) is 11.2. The Morgan fingerprint density at radius 3 is 2.65 bits per heavy atom. The van der Waals surface area contributed by atoms with Gasteiger partial charge in [-0.05, 0) is 36.2 Å². The maximum Gasteiger partial charge on any atom is 0.414 e. The number of halogens is 1. The summed E-state index contributed by atoms with van der Waals surface area (Å²) in [6, 6.07) is 12.0. The van der Waals surface area contributed by atoms with Crippen LogP contribution in [0.2, 0.25) is 0 Å². The molecule has 34 heavy (non-hydrogen) atoms. The number of carbonyl (C=O) groups is 2. The first kappa shape index (κ1) is 24.6. The van der Waals surface area contributed by atoms with Gasteiger partial charge in [-0.25, -0.2) is 9.18 Å². The number of ether oxygens (including phenoxy) is 1. The van der Waals surface area contributed by atoms with E-state index in [4.69, 9.17) is 4.74 Å². The summed E-state index contributed by atoms with van der Waals surface area (Å²) in [5.41, 5.74) is 3.31. The second-order valence-corrected chi connectivity index (χ2v) is 7.91. The van der Waals surface area contributed by atoms with Crippen LogP contribution >= 0.6 is 0 Å². The Bertz CT molecular complexity index is 1100. The number of anilines is 1. The largest absolute Gasteiger partial charge is 0.442 e. The van der Waals surface area contributed by atoms with E-state index in [1.54, 1.807) is 18.2 Å². The summed E-state index contributed by atoms with van der Waals surface area (Å²) in [6.45, 7) is 11.4. The third kappa shape index (κ3) is 6.28. The number of benzene rings is 2. The maximum atomic E-state index is 15.0. The Morgan fingerprint density at radius 2 is 2.03 bits per heavy atom. The van der Waals surface area contributed by atoms with Gasteiger partial charge in [-0.1, -0.05) is 30.3 Å². The molecular formula is C25H28FN5O3. The van der Waals surface area contributed by atoms with Crippen molar-refractivity contribution in [2.75, 3.05) is 18.0 Å². The van der Waals surface area contributed by atoms with Crippen molar-refractivity contribution in [2.45, 2.75) is 32.9 Å². The number of carbonyl (C=O) groups excluding carboxylic acids is 2. The minimum absolute atomic E-state index is 0.208. The van der Waals surface area contributed by atoms with E-state index in [0.29, 0.717) is 29.8 Å². The number of nitrogens with one attached hydrogen (secondary N) is 1. The molecule has 0 aromatic heterocycles. The Morgan fingerprint density at radius 1 is 1.29 bits per heavy atom. The molecule has 1 fully saturated rings. The number of cyclic esters (lactones) is 1. The number of nitrogens with zero attached hydrogens (tertiary/aromatic N) is 4. The fourth-order valence-electron chi connectivity index (χ4n) is 3.52. The molecule has 0 bridgehead atoms. The Balaban J connectivity index is 1.69. The molecule has 0 aliphatic carbocycles. The normalized spacial score (nSPS) is 15.6. The number of rotatable bonds is 10. The number of allylic oxidation sites excluding steroid dienone is 1. The summed E-state index contributed by atoms with van der Waals surface area (Å²) in [4.78, 5) is 24.6. The van der Waals surface area contributed by atoms with Gasteiger partial charge in [0.25, 0.3) is 0 Å². The standard InChI is InChI=1S/C25H28FN5O3/c1-5-6-17(2)29-31(27-4)15-19-7-9-20(10-8-19)23-12-11-21(13-24(23)26)30-16-22(34-25(30)33)14-28-18(3)32/h5,7-13,22H,1,4,6,14-16H2,2-3H3,(H,28,32)/b29-17-/t22-/m0/s1. The Labute approximate surface area is 198 Å². The van der Waals surface area contributed by atoms with Crippen LogP contribution in [-0.4, -0.2) is 48.7 Å².